The fourth-order valence-corrected chi connectivity index (χ4v) is 2.67. The number of hydrogen-bond acceptors (Lipinski definition) is 4. The first-order chi connectivity index (χ1) is 10.4. The van der Waals surface area contributed by atoms with Crippen molar-refractivity contribution < 1.29 is 17.9 Å². The number of carbonyl (C=O) groups is 1. The van der Waals surface area contributed by atoms with Crippen LogP contribution in [-0.2, 0) is 14.8 Å². The number of unbranched alkanes of at least 4 members (excludes halogenated alkanes) is 1. The van der Waals surface area contributed by atoms with E-state index in [1.807, 2.05) is 13.8 Å². The van der Waals surface area contributed by atoms with Gasteiger partial charge in [0.2, 0.25) is 15.9 Å². The molecule has 0 atom stereocenters. The maximum atomic E-state index is 12.0. The maximum absolute atomic E-state index is 12.0. The number of hydrogen-bond donors (Lipinski definition) is 1. The number of benzene rings is 1. The number of ether oxygens (including phenoxy) is 1. The Labute approximate surface area is 132 Å². The zero-order valence-corrected chi connectivity index (χ0v) is 14.1. The molecule has 0 unspecified atom stereocenters. The second-order valence-corrected chi connectivity index (χ2v) is 6.94. The Morgan fingerprint density at radius 2 is 1.86 bits per heavy atom. The van der Waals surface area contributed by atoms with Crippen molar-refractivity contribution in [2.45, 2.75) is 26.7 Å². The van der Waals surface area contributed by atoms with Crippen LogP contribution in [0.3, 0.4) is 0 Å². The van der Waals surface area contributed by atoms with E-state index in [2.05, 4.69) is 5.32 Å². The molecule has 0 fully saturated rings. The largest absolute Gasteiger partial charge is 0.494 e. The molecular formula is C15H24N2O4S. The van der Waals surface area contributed by atoms with Gasteiger partial charge in [-0.25, -0.2) is 8.42 Å². The summed E-state index contributed by atoms with van der Waals surface area (Å²) in [5, 5.41) is 2.69. The number of amides is 1. The van der Waals surface area contributed by atoms with Crippen LogP contribution in [0.5, 0.6) is 5.75 Å². The summed E-state index contributed by atoms with van der Waals surface area (Å²) in [6.07, 6.45) is 2.71. The van der Waals surface area contributed by atoms with Crippen LogP contribution < -0.4 is 10.1 Å². The van der Waals surface area contributed by atoms with E-state index in [1.54, 1.807) is 24.3 Å². The van der Waals surface area contributed by atoms with Crippen molar-refractivity contribution in [2.75, 3.05) is 31.3 Å². The maximum Gasteiger partial charge on any atom is 0.239 e. The van der Waals surface area contributed by atoms with Crippen molar-refractivity contribution in [1.29, 1.82) is 0 Å². The van der Waals surface area contributed by atoms with E-state index in [9.17, 15) is 13.2 Å². The Morgan fingerprint density at radius 1 is 1.23 bits per heavy atom. The highest BCUT2D eigenvalue weighted by molar-refractivity contribution is 7.88. The number of rotatable bonds is 9. The molecule has 0 aromatic heterocycles. The summed E-state index contributed by atoms with van der Waals surface area (Å²) in [5.74, 6) is 0.367. The van der Waals surface area contributed by atoms with Gasteiger partial charge in [0, 0.05) is 12.2 Å². The third-order valence-electron chi connectivity index (χ3n) is 3.00. The first-order valence-electron chi connectivity index (χ1n) is 7.34. The van der Waals surface area contributed by atoms with Gasteiger partial charge in [-0.15, -0.1) is 0 Å². The molecule has 6 nitrogen and oxygen atoms in total. The van der Waals surface area contributed by atoms with Crippen molar-refractivity contribution >= 4 is 21.6 Å². The lowest BCUT2D eigenvalue weighted by Gasteiger charge is -2.19. The van der Waals surface area contributed by atoms with Crippen LogP contribution >= 0.6 is 0 Å². The number of carbonyl (C=O) groups excluding carboxylic acids is 1. The van der Waals surface area contributed by atoms with E-state index in [0.717, 1.165) is 24.8 Å². The predicted octanol–water partition coefficient (Wildman–Crippen LogP) is 2.09. The van der Waals surface area contributed by atoms with E-state index >= 15 is 0 Å². The fraction of sp³-hybridized carbons (Fsp3) is 0.533. The monoisotopic (exact) mass is 328 g/mol. The molecule has 1 aromatic rings. The van der Waals surface area contributed by atoms with Crippen LogP contribution in [0.25, 0.3) is 0 Å². The minimum Gasteiger partial charge on any atom is -0.494 e. The van der Waals surface area contributed by atoms with Crippen molar-refractivity contribution in [3.63, 3.8) is 0 Å². The number of nitrogens with zero attached hydrogens (tertiary/aromatic N) is 1. The van der Waals surface area contributed by atoms with Crippen LogP contribution in [0, 0.1) is 0 Å². The Balaban J connectivity index is 2.63. The molecule has 124 valence electrons. The molecule has 0 spiro atoms. The molecule has 0 aliphatic rings. The molecule has 1 rings (SSSR count). The van der Waals surface area contributed by atoms with E-state index in [4.69, 9.17) is 4.74 Å². The lowest BCUT2D eigenvalue weighted by molar-refractivity contribution is -0.116. The Kier molecular flexibility index (Phi) is 7.34. The van der Waals surface area contributed by atoms with Gasteiger partial charge < -0.3 is 10.1 Å². The average Bonchev–Trinajstić information content (AvgIpc) is 2.44. The highest BCUT2D eigenvalue weighted by Gasteiger charge is 2.19. The molecule has 0 radical (unpaired) electrons. The molecule has 0 saturated carbocycles. The summed E-state index contributed by atoms with van der Waals surface area (Å²) >= 11 is 0. The van der Waals surface area contributed by atoms with Gasteiger partial charge in [-0.2, -0.15) is 4.31 Å². The van der Waals surface area contributed by atoms with E-state index in [-0.39, 0.29) is 12.5 Å². The summed E-state index contributed by atoms with van der Waals surface area (Å²) in [6, 6.07) is 6.95. The number of nitrogens with one attached hydrogen (secondary N) is 1. The predicted molar refractivity (Wildman–Crippen MR) is 87.6 cm³/mol. The molecule has 0 heterocycles. The van der Waals surface area contributed by atoms with Crippen molar-refractivity contribution in [2.24, 2.45) is 0 Å². The third-order valence-corrected chi connectivity index (χ3v) is 4.25. The molecule has 22 heavy (non-hydrogen) atoms. The molecule has 7 heteroatoms. The molecule has 0 bridgehead atoms. The molecular weight excluding hydrogens is 304 g/mol. The Bertz CT molecular complexity index is 570. The quantitative estimate of drug-likeness (QED) is 0.753. The second-order valence-electron chi connectivity index (χ2n) is 4.96. The van der Waals surface area contributed by atoms with Crippen LogP contribution in [0.2, 0.25) is 0 Å². The SMILES string of the molecule is CCCCN(CC(=O)Nc1ccc(OCC)cc1)S(C)(=O)=O. The van der Waals surface area contributed by atoms with Gasteiger partial charge in [0.05, 0.1) is 19.4 Å². The van der Waals surface area contributed by atoms with Crippen molar-refractivity contribution in [3.05, 3.63) is 24.3 Å². The normalized spacial score (nSPS) is 11.5. The third kappa shape index (κ3) is 6.44. The zero-order chi connectivity index (χ0) is 16.6. The van der Waals surface area contributed by atoms with Crippen molar-refractivity contribution in [3.8, 4) is 5.75 Å². The molecule has 0 aliphatic heterocycles. The fourth-order valence-electron chi connectivity index (χ4n) is 1.86. The Morgan fingerprint density at radius 3 is 2.36 bits per heavy atom. The Hall–Kier alpha value is -1.60. The summed E-state index contributed by atoms with van der Waals surface area (Å²) in [7, 11) is -3.39. The van der Waals surface area contributed by atoms with Crippen LogP contribution in [0.4, 0.5) is 5.69 Å². The molecule has 0 saturated heterocycles. The van der Waals surface area contributed by atoms with Gasteiger partial charge >= 0.3 is 0 Å². The van der Waals surface area contributed by atoms with Gasteiger partial charge in [0.25, 0.3) is 0 Å². The standard InChI is InChI=1S/C15H24N2O4S/c1-4-6-11-17(22(3,19)20)12-15(18)16-13-7-9-14(10-8-13)21-5-2/h7-10H,4-6,11-12H2,1-3H3,(H,16,18). The number of anilines is 1. The van der Waals surface area contributed by atoms with Crippen LogP contribution in [0.15, 0.2) is 24.3 Å². The second kappa shape index (κ2) is 8.75. The summed E-state index contributed by atoms with van der Waals surface area (Å²) in [4.78, 5) is 12.0. The summed E-state index contributed by atoms with van der Waals surface area (Å²) in [5.41, 5.74) is 0.609. The van der Waals surface area contributed by atoms with E-state index in [1.165, 1.54) is 4.31 Å². The molecule has 1 amide bonds. The highest BCUT2D eigenvalue weighted by atomic mass is 32.2. The average molecular weight is 328 g/mol. The van der Waals surface area contributed by atoms with Gasteiger partial charge in [0.1, 0.15) is 5.75 Å². The topological polar surface area (TPSA) is 75.7 Å². The highest BCUT2D eigenvalue weighted by Crippen LogP contribution is 2.15. The zero-order valence-electron chi connectivity index (χ0n) is 13.3. The van der Waals surface area contributed by atoms with Crippen LogP contribution in [-0.4, -0.2) is 44.6 Å². The van der Waals surface area contributed by atoms with Gasteiger partial charge in [-0.05, 0) is 37.6 Å². The summed E-state index contributed by atoms with van der Waals surface area (Å²) < 4.78 is 29.9. The first kappa shape index (κ1) is 18.4. The first-order valence-corrected chi connectivity index (χ1v) is 9.19. The lowest BCUT2D eigenvalue weighted by Crippen LogP contribution is -2.37. The lowest BCUT2D eigenvalue weighted by atomic mass is 10.3. The minimum absolute atomic E-state index is 0.175. The van der Waals surface area contributed by atoms with E-state index < -0.39 is 10.0 Å². The molecule has 1 N–H and O–H groups in total. The van der Waals surface area contributed by atoms with E-state index in [0.29, 0.717) is 18.8 Å². The van der Waals surface area contributed by atoms with Crippen molar-refractivity contribution in [1.82, 2.24) is 4.31 Å². The molecule has 1 aromatic carbocycles. The van der Waals surface area contributed by atoms with Gasteiger partial charge in [-0.1, -0.05) is 13.3 Å². The number of sulfonamides is 1. The minimum atomic E-state index is -3.39. The molecule has 0 aliphatic carbocycles. The summed E-state index contributed by atoms with van der Waals surface area (Å²) in [6.45, 7) is 4.62. The van der Waals surface area contributed by atoms with Gasteiger partial charge in [-0.3, -0.25) is 4.79 Å². The van der Waals surface area contributed by atoms with Crippen LogP contribution in [0.1, 0.15) is 26.7 Å². The smallest absolute Gasteiger partial charge is 0.239 e. The van der Waals surface area contributed by atoms with Gasteiger partial charge in [0.15, 0.2) is 0 Å².